The monoisotopic (exact) mass is 690 g/mol. The molecule has 0 saturated heterocycles. The average molecular weight is 691 g/mol. The molecule has 0 fully saturated rings. The van der Waals surface area contributed by atoms with Crippen LogP contribution in [0.5, 0.6) is 0 Å². The molecule has 5 atom stereocenters. The molecule has 1 heterocycles. The summed E-state index contributed by atoms with van der Waals surface area (Å²) in [6, 6.07) is 7.11. The molecule has 9 nitrogen and oxygen atoms in total. The third-order valence-electron chi connectivity index (χ3n) is 9.34. The van der Waals surface area contributed by atoms with Crippen molar-refractivity contribution in [2.75, 3.05) is 0 Å². The number of thiocarbonyl (C=S) groups is 1. The molecule has 1 aliphatic rings. The summed E-state index contributed by atoms with van der Waals surface area (Å²) in [4.78, 5) is 44.3. The number of carbonyl (C=O) groups is 3. The molecular weight excluding hydrogens is 648 g/mol. The highest BCUT2D eigenvalue weighted by molar-refractivity contribution is 7.80. The Morgan fingerprint density at radius 3 is 2.31 bits per heavy atom. The number of halogens is 4. The largest absolute Gasteiger partial charge is 0.418 e. The van der Waals surface area contributed by atoms with Gasteiger partial charge >= 0.3 is 12.2 Å². The number of H-pyrrole nitrogens is 1. The molecule has 3 aromatic rings. The molecule has 0 aliphatic heterocycles. The smallest absolute Gasteiger partial charge is 0.392 e. The standard InChI is InChI=1S/C34H42F4N6O3S/c1-5-18(3)26(29(39)48)42-31(46)33(14-13-25-23(16-33)22-11-8-12-24(28(22)41-25)34(36,37)38)44-30(45)27(19(4)6-2)43-32(47)40-17-20-9-7-10-21(35)15-20/h7-12,15,18-19,26-27,41H,5-6,13-14,16-17H2,1-4H3,(H2,39,48)(H,42,46)(H,44,45)(H2,40,43,47)/t18-,19?,26?,27-,33?/m0/s1. The minimum atomic E-state index is -4.61. The average Bonchev–Trinajstić information content (AvgIpc) is 3.41. The number of hydrogen-bond donors (Lipinski definition) is 6. The second kappa shape index (κ2) is 14.9. The Bertz CT molecular complexity index is 1680. The molecule has 0 radical (unpaired) electrons. The van der Waals surface area contributed by atoms with Gasteiger partial charge in [-0.2, -0.15) is 13.2 Å². The minimum Gasteiger partial charge on any atom is -0.392 e. The van der Waals surface area contributed by atoms with Gasteiger partial charge < -0.3 is 32.0 Å². The summed E-state index contributed by atoms with van der Waals surface area (Å²) < 4.78 is 55.4. The summed E-state index contributed by atoms with van der Waals surface area (Å²) in [6.07, 6.45) is -3.39. The van der Waals surface area contributed by atoms with Crippen molar-refractivity contribution in [1.82, 2.24) is 26.3 Å². The van der Waals surface area contributed by atoms with Gasteiger partial charge in [-0.25, -0.2) is 9.18 Å². The number of aromatic amines is 1. The van der Waals surface area contributed by atoms with E-state index >= 15 is 0 Å². The van der Waals surface area contributed by atoms with Crippen LogP contribution in [0.25, 0.3) is 10.9 Å². The molecule has 7 N–H and O–H groups in total. The van der Waals surface area contributed by atoms with Crippen LogP contribution < -0.4 is 27.0 Å². The van der Waals surface area contributed by atoms with Crippen molar-refractivity contribution < 1.29 is 31.9 Å². The van der Waals surface area contributed by atoms with Gasteiger partial charge in [0.25, 0.3) is 0 Å². The van der Waals surface area contributed by atoms with Gasteiger partial charge in [0.2, 0.25) is 11.8 Å². The van der Waals surface area contributed by atoms with E-state index in [-0.39, 0.29) is 48.1 Å². The van der Waals surface area contributed by atoms with E-state index in [1.54, 1.807) is 19.1 Å². The molecule has 14 heteroatoms. The molecule has 1 aromatic heterocycles. The van der Waals surface area contributed by atoms with Crippen LogP contribution in [0.15, 0.2) is 42.5 Å². The number of aryl methyl sites for hydroxylation is 1. The van der Waals surface area contributed by atoms with Crippen molar-refractivity contribution in [3.05, 3.63) is 70.7 Å². The SMILES string of the molecule is CCC(C)[C@H](NC(=O)NCc1cccc(F)c1)C(=O)NC1(C(=O)NC(C(N)=S)[C@@H](C)CC)CCc2[nH]c3c(C(F)(F)F)cccc3c2C1. The number of rotatable bonds is 12. The van der Waals surface area contributed by atoms with Crippen LogP contribution in [0.2, 0.25) is 0 Å². The van der Waals surface area contributed by atoms with Crippen LogP contribution in [0.3, 0.4) is 0 Å². The van der Waals surface area contributed by atoms with E-state index in [1.165, 1.54) is 24.3 Å². The first-order chi connectivity index (χ1) is 22.6. The fourth-order valence-electron chi connectivity index (χ4n) is 6.11. The summed E-state index contributed by atoms with van der Waals surface area (Å²) in [5, 5.41) is 11.4. The summed E-state index contributed by atoms with van der Waals surface area (Å²) in [5.41, 5.74) is 5.01. The third-order valence-corrected chi connectivity index (χ3v) is 9.60. The normalized spacial score (nSPS) is 18.6. The second-order valence-electron chi connectivity index (χ2n) is 12.6. The van der Waals surface area contributed by atoms with Crippen molar-refractivity contribution >= 4 is 46.0 Å². The number of nitrogens with two attached hydrogens (primary N) is 1. The minimum absolute atomic E-state index is 0.00400. The van der Waals surface area contributed by atoms with Crippen molar-refractivity contribution in [2.45, 2.75) is 90.1 Å². The van der Waals surface area contributed by atoms with E-state index in [0.717, 1.165) is 6.07 Å². The number of fused-ring (bicyclic) bond motifs is 3. The van der Waals surface area contributed by atoms with Crippen molar-refractivity contribution in [3.8, 4) is 0 Å². The molecule has 2 aromatic carbocycles. The highest BCUT2D eigenvalue weighted by atomic mass is 32.1. The molecule has 0 saturated carbocycles. The Morgan fingerprint density at radius 2 is 1.69 bits per heavy atom. The van der Waals surface area contributed by atoms with E-state index in [2.05, 4.69) is 26.3 Å². The molecular formula is C34H42F4N6O3S. The molecule has 1 aliphatic carbocycles. The Kier molecular flexibility index (Phi) is 11.4. The van der Waals surface area contributed by atoms with Crippen LogP contribution in [0.4, 0.5) is 22.4 Å². The number of aromatic nitrogens is 1. The molecule has 3 unspecified atom stereocenters. The number of amides is 4. The van der Waals surface area contributed by atoms with Crippen LogP contribution in [-0.4, -0.2) is 45.4 Å². The predicted octanol–water partition coefficient (Wildman–Crippen LogP) is 5.40. The zero-order valence-electron chi connectivity index (χ0n) is 27.3. The number of carbonyl (C=O) groups excluding carboxylic acids is 3. The zero-order valence-corrected chi connectivity index (χ0v) is 28.1. The summed E-state index contributed by atoms with van der Waals surface area (Å²) in [6.45, 7) is 7.41. The van der Waals surface area contributed by atoms with E-state index in [0.29, 0.717) is 35.0 Å². The Balaban J connectivity index is 1.68. The molecule has 4 amide bonds. The van der Waals surface area contributed by atoms with Gasteiger partial charge in [0.1, 0.15) is 17.4 Å². The zero-order chi connectivity index (χ0) is 35.4. The van der Waals surface area contributed by atoms with E-state index < -0.39 is 53.0 Å². The van der Waals surface area contributed by atoms with Crippen LogP contribution in [-0.2, 0) is 35.2 Å². The van der Waals surface area contributed by atoms with Gasteiger partial charge in [-0.05, 0) is 54.0 Å². The lowest BCUT2D eigenvalue weighted by Crippen LogP contribution is -2.67. The van der Waals surface area contributed by atoms with E-state index in [4.69, 9.17) is 18.0 Å². The highest BCUT2D eigenvalue weighted by Crippen LogP contribution is 2.40. The number of hydrogen-bond acceptors (Lipinski definition) is 4. The maximum Gasteiger partial charge on any atom is 0.418 e. The fourth-order valence-corrected chi connectivity index (χ4v) is 6.40. The first-order valence-corrected chi connectivity index (χ1v) is 16.4. The lowest BCUT2D eigenvalue weighted by atomic mass is 9.78. The quantitative estimate of drug-likeness (QED) is 0.112. The van der Waals surface area contributed by atoms with Crippen molar-refractivity contribution in [1.29, 1.82) is 0 Å². The summed E-state index contributed by atoms with van der Waals surface area (Å²) >= 11 is 5.26. The Hall–Kier alpha value is -4.20. The maximum atomic E-state index is 14.3. The first-order valence-electron chi connectivity index (χ1n) is 16.0. The number of nitrogens with one attached hydrogen (secondary N) is 5. The second-order valence-corrected chi connectivity index (χ2v) is 13.1. The third kappa shape index (κ3) is 8.08. The number of benzene rings is 2. The lowest BCUT2D eigenvalue weighted by molar-refractivity contribution is -0.136. The van der Waals surface area contributed by atoms with Crippen LogP contribution >= 0.6 is 12.2 Å². The van der Waals surface area contributed by atoms with Gasteiger partial charge in [0.05, 0.1) is 22.1 Å². The number of para-hydroxylation sites is 1. The van der Waals surface area contributed by atoms with Gasteiger partial charge in [0.15, 0.2) is 0 Å². The Morgan fingerprint density at radius 1 is 1.02 bits per heavy atom. The molecule has 260 valence electrons. The Labute approximate surface area is 282 Å². The predicted molar refractivity (Wildman–Crippen MR) is 179 cm³/mol. The lowest BCUT2D eigenvalue weighted by Gasteiger charge is -2.40. The molecule has 0 bridgehead atoms. The number of alkyl halides is 3. The molecule has 0 spiro atoms. The fraction of sp³-hybridized carbons (Fsp3) is 0.471. The van der Waals surface area contributed by atoms with Gasteiger partial charge in [-0.3, -0.25) is 9.59 Å². The summed E-state index contributed by atoms with van der Waals surface area (Å²) in [7, 11) is 0. The number of urea groups is 1. The van der Waals surface area contributed by atoms with Crippen molar-refractivity contribution in [2.24, 2.45) is 17.6 Å². The van der Waals surface area contributed by atoms with Gasteiger partial charge in [-0.1, -0.05) is 77.0 Å². The van der Waals surface area contributed by atoms with Crippen molar-refractivity contribution in [3.63, 3.8) is 0 Å². The van der Waals surface area contributed by atoms with Crippen LogP contribution in [0, 0.1) is 17.7 Å². The van der Waals surface area contributed by atoms with E-state index in [1.807, 2.05) is 20.8 Å². The maximum absolute atomic E-state index is 14.3. The van der Waals surface area contributed by atoms with E-state index in [9.17, 15) is 31.9 Å². The van der Waals surface area contributed by atoms with Crippen LogP contribution in [0.1, 0.15) is 69.3 Å². The summed E-state index contributed by atoms with van der Waals surface area (Å²) in [5.74, 6) is -2.20. The molecule has 4 rings (SSSR count). The van der Waals surface area contributed by atoms with Gasteiger partial charge in [-0.15, -0.1) is 0 Å². The van der Waals surface area contributed by atoms with Gasteiger partial charge in [0, 0.05) is 24.0 Å². The molecule has 48 heavy (non-hydrogen) atoms. The first kappa shape index (κ1) is 36.6. The topological polar surface area (TPSA) is 141 Å². The highest BCUT2D eigenvalue weighted by Gasteiger charge is 2.47.